The summed E-state index contributed by atoms with van der Waals surface area (Å²) >= 11 is 0. The van der Waals surface area contributed by atoms with Crippen molar-refractivity contribution in [1.82, 2.24) is 0 Å². The Kier molecular flexibility index (Phi) is 11.7. The summed E-state index contributed by atoms with van der Waals surface area (Å²) in [5, 5.41) is 19.6. The largest absolute Gasteiger partial charge is 0.491 e. The Hall–Kier alpha value is -6.43. The number of carbonyl (C=O) groups excluding carboxylic acids is 3. The van der Waals surface area contributed by atoms with Crippen molar-refractivity contribution in [2.45, 2.75) is 40.2 Å². The molecule has 12 heteroatoms. The quantitative estimate of drug-likeness (QED) is 0.0732. The van der Waals surface area contributed by atoms with E-state index in [4.69, 9.17) is 19.9 Å². The number of primary amides is 1. The molecule has 52 heavy (non-hydrogen) atoms. The SMILES string of the molecule is CC(C)COc1cc(C(=O)Nc2ccc(C(N)=O)cc2OC(C)C)ccc1NC(=O)c1ccc([N+](=O)[O-])c(OCCc2ccc3ccccc3c2)c1. The predicted octanol–water partition coefficient (Wildman–Crippen LogP) is 7.80. The number of nitrogens with zero attached hydrogens (tertiary/aromatic N) is 1. The maximum absolute atomic E-state index is 13.5. The molecule has 0 fully saturated rings. The van der Waals surface area contributed by atoms with E-state index < -0.39 is 22.6 Å². The fraction of sp³-hybridized carbons (Fsp3) is 0.225. The van der Waals surface area contributed by atoms with E-state index in [0.717, 1.165) is 16.3 Å². The summed E-state index contributed by atoms with van der Waals surface area (Å²) in [7, 11) is 0. The van der Waals surface area contributed by atoms with Gasteiger partial charge in [0.15, 0.2) is 5.75 Å². The maximum Gasteiger partial charge on any atom is 0.310 e. The maximum atomic E-state index is 13.5. The van der Waals surface area contributed by atoms with E-state index in [1.165, 1.54) is 54.6 Å². The molecule has 5 aromatic rings. The number of hydrogen-bond donors (Lipinski definition) is 3. The molecule has 0 unspecified atom stereocenters. The second kappa shape index (κ2) is 16.5. The van der Waals surface area contributed by atoms with E-state index >= 15 is 0 Å². The number of anilines is 2. The van der Waals surface area contributed by atoms with Crippen LogP contribution in [0.2, 0.25) is 0 Å². The van der Waals surface area contributed by atoms with Gasteiger partial charge in [-0.2, -0.15) is 0 Å². The molecule has 3 amide bonds. The zero-order chi connectivity index (χ0) is 37.4. The number of fused-ring (bicyclic) bond motifs is 1. The van der Waals surface area contributed by atoms with Crippen LogP contribution in [0.3, 0.4) is 0 Å². The highest BCUT2D eigenvalue weighted by atomic mass is 16.6. The number of nitro benzene ring substituents is 1. The van der Waals surface area contributed by atoms with Gasteiger partial charge < -0.3 is 30.6 Å². The summed E-state index contributed by atoms with van der Waals surface area (Å²) in [5.74, 6) is -1.08. The van der Waals surface area contributed by atoms with E-state index in [9.17, 15) is 24.5 Å². The number of nitro groups is 1. The second-order valence-electron chi connectivity index (χ2n) is 12.8. The first-order valence-electron chi connectivity index (χ1n) is 16.8. The summed E-state index contributed by atoms with van der Waals surface area (Å²) in [6, 6.07) is 27.0. The first-order valence-corrected chi connectivity index (χ1v) is 16.8. The fourth-order valence-corrected chi connectivity index (χ4v) is 5.26. The molecule has 4 N–H and O–H groups in total. The molecule has 5 rings (SSSR count). The lowest BCUT2D eigenvalue weighted by molar-refractivity contribution is -0.385. The standard InChI is InChI=1S/C40H40N4O8/c1-24(2)23-51-35-21-30(39(46)43-33-14-11-29(38(41)45)20-36(33)52-25(3)4)12-15-32(35)42-40(47)31-13-16-34(44(48)49)37(22-31)50-18-17-26-9-10-27-7-5-6-8-28(27)19-26/h5-16,19-22,24-25H,17-18,23H2,1-4H3,(H2,41,45)(H,42,47)(H,43,46). The molecule has 0 radical (unpaired) electrons. The first kappa shape index (κ1) is 36.8. The van der Waals surface area contributed by atoms with Crippen molar-refractivity contribution in [3.63, 3.8) is 0 Å². The van der Waals surface area contributed by atoms with Crippen LogP contribution in [0.5, 0.6) is 17.2 Å². The Morgan fingerprint density at radius 2 is 1.31 bits per heavy atom. The number of amides is 3. The van der Waals surface area contributed by atoms with E-state index in [-0.39, 0.29) is 63.9 Å². The molecule has 0 aliphatic heterocycles. The van der Waals surface area contributed by atoms with Crippen molar-refractivity contribution in [3.05, 3.63) is 129 Å². The third-order valence-electron chi connectivity index (χ3n) is 7.82. The molecule has 12 nitrogen and oxygen atoms in total. The Morgan fingerprint density at radius 3 is 1.94 bits per heavy atom. The van der Waals surface area contributed by atoms with Gasteiger partial charge in [-0.25, -0.2) is 0 Å². The molecule has 0 bridgehead atoms. The van der Waals surface area contributed by atoms with Crippen LogP contribution in [-0.4, -0.2) is 42.0 Å². The minimum atomic E-state index is -0.634. The Balaban J connectivity index is 1.34. The summed E-state index contributed by atoms with van der Waals surface area (Å²) in [4.78, 5) is 49.9. The van der Waals surface area contributed by atoms with Gasteiger partial charge in [0.2, 0.25) is 5.91 Å². The molecule has 0 aliphatic carbocycles. The Labute approximate surface area is 301 Å². The first-order chi connectivity index (χ1) is 24.9. The highest BCUT2D eigenvalue weighted by Crippen LogP contribution is 2.32. The average Bonchev–Trinajstić information content (AvgIpc) is 3.11. The van der Waals surface area contributed by atoms with Crippen molar-refractivity contribution >= 4 is 45.6 Å². The van der Waals surface area contributed by atoms with E-state index in [0.29, 0.717) is 18.7 Å². The number of ether oxygens (including phenoxy) is 3. The smallest absolute Gasteiger partial charge is 0.310 e. The monoisotopic (exact) mass is 704 g/mol. The van der Waals surface area contributed by atoms with Gasteiger partial charge in [0.05, 0.1) is 35.6 Å². The van der Waals surface area contributed by atoms with Gasteiger partial charge >= 0.3 is 5.69 Å². The van der Waals surface area contributed by atoms with Gasteiger partial charge in [-0.05, 0) is 78.6 Å². The highest BCUT2D eigenvalue weighted by Gasteiger charge is 2.21. The number of carbonyl (C=O) groups is 3. The topological polar surface area (TPSA) is 172 Å². The Morgan fingerprint density at radius 1 is 0.712 bits per heavy atom. The van der Waals surface area contributed by atoms with Crippen LogP contribution >= 0.6 is 0 Å². The van der Waals surface area contributed by atoms with Gasteiger partial charge in [-0.1, -0.05) is 56.3 Å². The normalized spacial score (nSPS) is 11.0. The number of nitrogens with two attached hydrogens (primary N) is 1. The lowest BCUT2D eigenvalue weighted by atomic mass is 10.1. The van der Waals surface area contributed by atoms with Crippen molar-refractivity contribution in [1.29, 1.82) is 0 Å². The third kappa shape index (κ3) is 9.42. The number of rotatable bonds is 15. The third-order valence-corrected chi connectivity index (χ3v) is 7.82. The molecular weight excluding hydrogens is 664 g/mol. The molecule has 5 aromatic carbocycles. The molecule has 0 heterocycles. The lowest BCUT2D eigenvalue weighted by Crippen LogP contribution is -2.17. The summed E-state index contributed by atoms with van der Waals surface area (Å²) in [6.45, 7) is 7.99. The van der Waals surface area contributed by atoms with Crippen molar-refractivity contribution in [3.8, 4) is 17.2 Å². The van der Waals surface area contributed by atoms with Crippen molar-refractivity contribution < 1.29 is 33.5 Å². The van der Waals surface area contributed by atoms with Gasteiger partial charge in [0.1, 0.15) is 11.5 Å². The molecule has 0 saturated heterocycles. The zero-order valence-corrected chi connectivity index (χ0v) is 29.3. The molecule has 0 atom stereocenters. The second-order valence-corrected chi connectivity index (χ2v) is 12.8. The summed E-state index contributed by atoms with van der Waals surface area (Å²) in [5.41, 5.74) is 7.37. The van der Waals surface area contributed by atoms with Crippen LogP contribution in [0, 0.1) is 16.0 Å². The van der Waals surface area contributed by atoms with Crippen LogP contribution in [0.4, 0.5) is 17.1 Å². The van der Waals surface area contributed by atoms with Gasteiger partial charge in [-0.15, -0.1) is 0 Å². The number of nitrogens with one attached hydrogen (secondary N) is 2. The van der Waals surface area contributed by atoms with Crippen LogP contribution in [0.25, 0.3) is 10.8 Å². The minimum Gasteiger partial charge on any atom is -0.491 e. The van der Waals surface area contributed by atoms with Crippen LogP contribution in [0.1, 0.15) is 64.3 Å². The molecule has 0 saturated carbocycles. The zero-order valence-electron chi connectivity index (χ0n) is 29.3. The van der Waals surface area contributed by atoms with Crippen LogP contribution in [-0.2, 0) is 6.42 Å². The molecule has 0 aromatic heterocycles. The van der Waals surface area contributed by atoms with Crippen molar-refractivity contribution in [2.24, 2.45) is 11.7 Å². The van der Waals surface area contributed by atoms with E-state index in [1.807, 2.05) is 70.2 Å². The van der Waals surface area contributed by atoms with Crippen molar-refractivity contribution in [2.75, 3.05) is 23.8 Å². The van der Waals surface area contributed by atoms with Crippen LogP contribution < -0.4 is 30.6 Å². The van der Waals surface area contributed by atoms with Gasteiger partial charge in [-0.3, -0.25) is 24.5 Å². The lowest BCUT2D eigenvalue weighted by Gasteiger charge is -2.17. The molecule has 0 aliphatic rings. The molecule has 0 spiro atoms. The minimum absolute atomic E-state index is 0.0357. The number of hydrogen-bond acceptors (Lipinski definition) is 8. The summed E-state index contributed by atoms with van der Waals surface area (Å²) < 4.78 is 17.7. The highest BCUT2D eigenvalue weighted by molar-refractivity contribution is 6.08. The molecular formula is C40H40N4O8. The number of benzene rings is 5. The van der Waals surface area contributed by atoms with Gasteiger partial charge in [0, 0.05) is 35.2 Å². The average molecular weight is 705 g/mol. The van der Waals surface area contributed by atoms with Crippen LogP contribution in [0.15, 0.2) is 97.1 Å². The van der Waals surface area contributed by atoms with E-state index in [1.54, 1.807) is 0 Å². The van der Waals surface area contributed by atoms with Gasteiger partial charge in [0.25, 0.3) is 11.8 Å². The Bertz CT molecular complexity index is 2130. The fourth-order valence-electron chi connectivity index (χ4n) is 5.26. The molecule has 268 valence electrons. The van der Waals surface area contributed by atoms with E-state index in [2.05, 4.69) is 10.6 Å². The predicted molar refractivity (Wildman–Crippen MR) is 200 cm³/mol. The summed E-state index contributed by atoms with van der Waals surface area (Å²) in [6.07, 6.45) is 0.256.